The summed E-state index contributed by atoms with van der Waals surface area (Å²) in [5, 5.41) is 9.07. The number of fused-ring (bicyclic) bond motifs is 10. The predicted octanol–water partition coefficient (Wildman–Crippen LogP) is 11.7. The Morgan fingerprint density at radius 1 is 0.570 bits per heavy atom. The van der Waals surface area contributed by atoms with Crippen LogP contribution in [-0.4, -0.2) is 130 Å². The predicted molar refractivity (Wildman–Crippen MR) is 338 cm³/mol. The van der Waals surface area contributed by atoms with E-state index < -0.39 is 78.9 Å². The van der Waals surface area contributed by atoms with Crippen molar-refractivity contribution < 1.29 is 122 Å². The van der Waals surface area contributed by atoms with Crippen molar-refractivity contribution in [3.63, 3.8) is 0 Å². The maximum absolute atomic E-state index is 13.9. The van der Waals surface area contributed by atoms with E-state index in [1.165, 1.54) is 103 Å². The minimum atomic E-state index is -5.29. The van der Waals surface area contributed by atoms with Crippen LogP contribution in [0.5, 0.6) is 0 Å². The number of hydrogen-bond acceptors (Lipinski definition) is 10. The summed E-state index contributed by atoms with van der Waals surface area (Å²) in [7, 11) is -4.58. The van der Waals surface area contributed by atoms with Crippen molar-refractivity contribution in [2.45, 2.75) is 265 Å². The van der Waals surface area contributed by atoms with Gasteiger partial charge < -0.3 is 36.0 Å². The van der Waals surface area contributed by atoms with Gasteiger partial charge in [-0.05, 0) is 286 Å². The number of nitrogens with two attached hydrogens (primary N) is 1. The first-order valence-corrected chi connectivity index (χ1v) is 37.3. The Morgan fingerprint density at radius 3 is 1.61 bits per heavy atom. The first-order chi connectivity index (χ1) is 43.1. The summed E-state index contributed by atoms with van der Waals surface area (Å²) in [6, 6.07) is -0.0464. The van der Waals surface area contributed by atoms with Crippen LogP contribution in [0.4, 0.5) is 39.5 Å². The van der Waals surface area contributed by atoms with Gasteiger partial charge in [-0.15, -0.1) is 0 Å². The zero-order valence-electron chi connectivity index (χ0n) is 57.6. The number of amides is 3. The number of nitrogens with zero attached hydrogens (tertiary/aromatic N) is 2. The molecule has 8 aliphatic rings. The van der Waals surface area contributed by atoms with E-state index in [1.54, 1.807) is 5.32 Å². The van der Waals surface area contributed by atoms with Gasteiger partial charge in [0.15, 0.2) is 0 Å². The molecule has 0 saturated heterocycles. The maximum Gasteiger partial charge on any atom is 1.00 e. The molecule has 0 heterocycles. The van der Waals surface area contributed by atoms with E-state index in [0.29, 0.717) is 94.3 Å². The van der Waals surface area contributed by atoms with Gasteiger partial charge in [0.1, 0.15) is 0 Å². The molecule has 6 unspecified atom stereocenters. The molecule has 0 aromatic heterocycles. The second-order valence-electron chi connectivity index (χ2n) is 31.3. The Labute approximate surface area is 594 Å². The number of carbonyl (C=O) groups is 3. The molecule has 534 valence electrons. The molecule has 8 rings (SSSR count). The van der Waals surface area contributed by atoms with Crippen molar-refractivity contribution in [2.24, 2.45) is 98.4 Å². The van der Waals surface area contributed by atoms with E-state index >= 15 is 0 Å². The third kappa shape index (κ3) is 20.3. The van der Waals surface area contributed by atoms with E-state index in [4.69, 9.17) is 5.73 Å². The average Bonchev–Trinajstić information content (AvgIpc) is 1.72. The minimum Gasteiger partial charge on any atom is -0.726 e. The van der Waals surface area contributed by atoms with Crippen LogP contribution >= 0.6 is 0 Å². The first kappa shape index (κ1) is 81.1. The molecule has 13 nitrogen and oxygen atoms in total. The smallest absolute Gasteiger partial charge is 0.726 e. The SMILES string of the molecule is CCCC[C@@H](C)[C@H]1CCC2C3CC[C@H]4C[C@@H](N(CCCN(CCCCNC(=O)C(F)(F)F)C(=O)C(F)(F)F)C(=O)C(F)(F)F)CC[C@]4(C)C3CC[C@@]21C.C[C@H](CCCOS(=O)(=O)[O-])[C@H]1CCC2C3CC[C@H]4C[C@@H](NCCCNCCCCN)CC[C@]4(C)C3CC[C@@]21C.[K+]. The van der Waals surface area contributed by atoms with Crippen molar-refractivity contribution in [2.75, 3.05) is 59.0 Å². The molecular formula is C69H116F9KN6O7S. The first-order valence-electron chi connectivity index (χ1n) is 36.0. The van der Waals surface area contributed by atoms with Gasteiger partial charge >= 0.3 is 87.6 Å². The van der Waals surface area contributed by atoms with Crippen LogP contribution in [0.3, 0.4) is 0 Å². The quantitative estimate of drug-likeness (QED) is 0.0185. The molecule has 0 aliphatic heterocycles. The van der Waals surface area contributed by atoms with Crippen LogP contribution in [0.15, 0.2) is 0 Å². The van der Waals surface area contributed by atoms with Crippen molar-refractivity contribution in [3.05, 3.63) is 0 Å². The van der Waals surface area contributed by atoms with Gasteiger partial charge in [-0.1, -0.05) is 67.7 Å². The third-order valence-corrected chi connectivity index (χ3v) is 26.8. The van der Waals surface area contributed by atoms with Crippen molar-refractivity contribution in [1.29, 1.82) is 0 Å². The summed E-state index contributed by atoms with van der Waals surface area (Å²) < 4.78 is 156. The molecule has 24 heteroatoms. The summed E-state index contributed by atoms with van der Waals surface area (Å²) in [6.45, 7) is 19.0. The van der Waals surface area contributed by atoms with E-state index in [0.717, 1.165) is 93.3 Å². The molecule has 8 fully saturated rings. The Morgan fingerprint density at radius 2 is 1.08 bits per heavy atom. The van der Waals surface area contributed by atoms with E-state index in [1.807, 2.05) is 0 Å². The molecule has 0 bridgehead atoms. The summed E-state index contributed by atoms with van der Waals surface area (Å²) in [4.78, 5) is 37.1. The fourth-order valence-corrected chi connectivity index (χ4v) is 22.0. The second kappa shape index (κ2) is 34.7. The van der Waals surface area contributed by atoms with Crippen molar-refractivity contribution in [3.8, 4) is 0 Å². The normalized spacial score (nSPS) is 34.8. The standard InChI is InChI=1S/C38H58F9N3O3.C31H59N3O4S.K/c1-5-6-10-24(2)28-13-14-29-27-12-11-25-23-26(15-17-34(25,3)30(27)16-18-35(28,29)4)50(33(53)38(45,46)47)22-9-21-49(32(52)37(42,43)44)20-8-7-19-48-31(51)36(39,40)41;1-23(8-6-21-38-39(35,36)37)27-11-12-28-26-10-9-24-22-25(34-20-7-19-33-18-5-4-17-32)13-15-30(24,2)29(26)14-16-31(27,28)3;/h24-30H,5-23H2,1-4H3,(H,48,51);23-29,33-34H,4-22,32H2,1-3H3,(H,35,36,37);/q;;+1/p-1/t24-,25+,26+,27?,28-,29?,30?,34+,35-;23-,24+,25+,26?,27-,28?,29?,30+,31-;/m11./s1. The number of alkyl halides is 9. The van der Waals surface area contributed by atoms with Gasteiger partial charge in [0.2, 0.25) is 10.4 Å². The number of halogens is 9. The van der Waals surface area contributed by atoms with Gasteiger partial charge in [0, 0.05) is 38.3 Å². The summed E-state index contributed by atoms with van der Waals surface area (Å²) in [5.74, 6) is 1.40. The minimum absolute atomic E-state index is 0. The zero-order valence-corrected chi connectivity index (χ0v) is 61.5. The van der Waals surface area contributed by atoms with E-state index in [9.17, 15) is 66.9 Å². The molecule has 0 radical (unpaired) electrons. The van der Waals surface area contributed by atoms with Crippen LogP contribution in [0.2, 0.25) is 0 Å². The fourth-order valence-electron chi connectivity index (χ4n) is 21.7. The Balaban J connectivity index is 0.000000305. The summed E-state index contributed by atoms with van der Waals surface area (Å²) in [6.07, 6.45) is 12.7. The molecule has 3 amide bonds. The molecule has 5 N–H and O–H groups in total. The van der Waals surface area contributed by atoms with Gasteiger partial charge in [-0.3, -0.25) is 18.6 Å². The largest absolute Gasteiger partial charge is 1.00 e. The van der Waals surface area contributed by atoms with Crippen LogP contribution in [0, 0.1) is 92.7 Å². The van der Waals surface area contributed by atoms with Gasteiger partial charge in [0.05, 0.1) is 6.61 Å². The number of unbranched alkanes of at least 4 members (excludes halogenated alkanes) is 3. The van der Waals surface area contributed by atoms with Crippen molar-refractivity contribution in [1.82, 2.24) is 25.8 Å². The molecular weight excluding hydrogens is 1270 g/mol. The molecule has 0 aromatic rings. The monoisotopic (exact) mass is 1380 g/mol. The van der Waals surface area contributed by atoms with Crippen LogP contribution in [0.25, 0.3) is 0 Å². The summed E-state index contributed by atoms with van der Waals surface area (Å²) in [5.41, 5.74) is 6.72. The Bertz CT molecular complexity index is 2490. The zero-order chi connectivity index (χ0) is 67.7. The number of rotatable bonds is 29. The van der Waals surface area contributed by atoms with Gasteiger partial charge in [0.25, 0.3) is 0 Å². The third-order valence-electron chi connectivity index (χ3n) is 26.3. The van der Waals surface area contributed by atoms with E-state index in [-0.39, 0.29) is 88.6 Å². The molecule has 93 heavy (non-hydrogen) atoms. The summed E-state index contributed by atoms with van der Waals surface area (Å²) >= 11 is 0. The van der Waals surface area contributed by atoms with Gasteiger partial charge in [-0.25, -0.2) is 8.42 Å². The number of nitrogens with one attached hydrogen (secondary N) is 3. The fraction of sp³-hybridized carbons (Fsp3) is 0.957. The topological polar surface area (TPSA) is 186 Å². The molecule has 18 atom stereocenters. The van der Waals surface area contributed by atoms with Crippen LogP contribution in [0.1, 0.15) is 235 Å². The number of hydrogen-bond donors (Lipinski definition) is 4. The molecule has 0 spiro atoms. The molecule has 8 saturated carbocycles. The van der Waals surface area contributed by atoms with E-state index in [2.05, 4.69) is 63.3 Å². The molecule has 0 aromatic carbocycles. The van der Waals surface area contributed by atoms with Crippen LogP contribution in [-0.2, 0) is 29.0 Å². The Kier molecular flexibility index (Phi) is 30.3. The average molecular weight is 1380 g/mol. The number of carbonyl (C=O) groups excluding carboxylic acids is 3. The maximum atomic E-state index is 13.9. The van der Waals surface area contributed by atoms with Gasteiger partial charge in [-0.2, -0.15) is 39.5 Å². The van der Waals surface area contributed by atoms with Crippen molar-refractivity contribution >= 4 is 28.1 Å². The Hall–Kier alpha value is -0.834. The van der Waals surface area contributed by atoms with Crippen LogP contribution < -0.4 is 73.1 Å². The molecule has 8 aliphatic carbocycles. The second-order valence-corrected chi connectivity index (χ2v) is 32.3.